The van der Waals surface area contributed by atoms with Gasteiger partial charge >= 0.3 is 0 Å². The average Bonchev–Trinajstić information content (AvgIpc) is 3.01. The summed E-state index contributed by atoms with van der Waals surface area (Å²) in [5.41, 5.74) is 1.41. The van der Waals surface area contributed by atoms with E-state index in [1.165, 1.54) is 4.31 Å². The topological polar surface area (TPSA) is 91.8 Å². The summed E-state index contributed by atoms with van der Waals surface area (Å²) in [5, 5.41) is -0.367. The quantitative estimate of drug-likeness (QED) is 0.670. The molecule has 0 N–H and O–H groups in total. The van der Waals surface area contributed by atoms with E-state index in [2.05, 4.69) is 0 Å². The molecular weight excluding hydrogens is 412 g/mol. The molecule has 0 unspecified atom stereocenters. The molecule has 3 rings (SSSR count). The van der Waals surface area contributed by atoms with Crippen LogP contribution in [0.4, 0.5) is 5.69 Å². The summed E-state index contributed by atoms with van der Waals surface area (Å²) < 4.78 is 49.9. The first-order chi connectivity index (χ1) is 13.6. The molecule has 1 aromatic rings. The van der Waals surface area contributed by atoms with Gasteiger partial charge in [0, 0.05) is 19.6 Å². The van der Waals surface area contributed by atoms with Gasteiger partial charge in [-0.3, -0.25) is 9.10 Å². The first-order valence-corrected chi connectivity index (χ1v) is 13.5. The Labute approximate surface area is 174 Å². The van der Waals surface area contributed by atoms with Crippen LogP contribution in [-0.4, -0.2) is 64.0 Å². The summed E-state index contributed by atoms with van der Waals surface area (Å²) in [4.78, 5) is 14.5. The van der Waals surface area contributed by atoms with Gasteiger partial charge < -0.3 is 4.90 Å². The van der Waals surface area contributed by atoms with E-state index in [1.807, 2.05) is 6.07 Å². The fraction of sp³-hybridized carbons (Fsp3) is 0.650. The van der Waals surface area contributed by atoms with Crippen LogP contribution in [0.1, 0.15) is 38.7 Å². The number of hydrogen-bond acceptors (Lipinski definition) is 5. The number of carbonyl (C=O) groups excluding carboxylic acids is 1. The predicted octanol–water partition coefficient (Wildman–Crippen LogP) is 1.83. The minimum absolute atomic E-state index is 0.00315. The van der Waals surface area contributed by atoms with E-state index >= 15 is 0 Å². The van der Waals surface area contributed by atoms with Gasteiger partial charge in [-0.05, 0) is 56.7 Å². The van der Waals surface area contributed by atoms with Crippen molar-refractivity contribution in [2.45, 2.75) is 44.8 Å². The molecule has 0 spiro atoms. The van der Waals surface area contributed by atoms with E-state index in [4.69, 9.17) is 0 Å². The predicted molar refractivity (Wildman–Crippen MR) is 114 cm³/mol. The Morgan fingerprint density at radius 3 is 2.45 bits per heavy atom. The maximum Gasteiger partial charge on any atom is 0.235 e. The zero-order valence-corrected chi connectivity index (χ0v) is 18.7. The number of sulfone groups is 1. The van der Waals surface area contributed by atoms with Crippen LogP contribution in [0.5, 0.6) is 0 Å². The van der Waals surface area contributed by atoms with Gasteiger partial charge in [-0.15, -0.1) is 0 Å². The molecule has 2 aliphatic heterocycles. The highest BCUT2D eigenvalue weighted by Gasteiger charge is 2.30. The summed E-state index contributed by atoms with van der Waals surface area (Å²) in [6, 6.07) is 7.17. The summed E-state index contributed by atoms with van der Waals surface area (Å²) >= 11 is 0. The van der Waals surface area contributed by atoms with Crippen LogP contribution >= 0.6 is 0 Å². The van der Waals surface area contributed by atoms with Gasteiger partial charge in [0.2, 0.25) is 15.9 Å². The third-order valence-electron chi connectivity index (χ3n) is 5.81. The molecule has 0 atom stereocenters. The molecule has 2 heterocycles. The molecule has 0 aromatic heterocycles. The van der Waals surface area contributed by atoms with Gasteiger partial charge in [0.25, 0.3) is 0 Å². The second kappa shape index (κ2) is 8.63. The van der Waals surface area contributed by atoms with Crippen LogP contribution in [0.15, 0.2) is 24.3 Å². The third-order valence-corrected chi connectivity index (χ3v) is 10.0. The SMILES string of the molecule is CC(C)S(=O)(=O)CC1CCN(C(=O)Cc2cccc(N3CCCS3(=O)=O)c2)CC1. The Hall–Kier alpha value is -1.61. The standard InChI is InChI=1S/C20H30N2O5S2/c1-16(2)28(24,25)15-17-7-10-21(11-8-17)20(23)14-18-5-3-6-19(13-18)22-9-4-12-29(22,26)27/h3,5-6,13,16-17H,4,7-12,14-15H2,1-2H3. The van der Waals surface area contributed by atoms with Crippen molar-refractivity contribution in [3.63, 3.8) is 0 Å². The van der Waals surface area contributed by atoms with Crippen LogP contribution in [0, 0.1) is 5.92 Å². The van der Waals surface area contributed by atoms with Gasteiger partial charge in [-0.1, -0.05) is 12.1 Å². The molecule has 162 valence electrons. The van der Waals surface area contributed by atoms with Gasteiger partial charge in [0.05, 0.1) is 28.9 Å². The average molecular weight is 443 g/mol. The Morgan fingerprint density at radius 2 is 1.86 bits per heavy atom. The fourth-order valence-corrected chi connectivity index (χ4v) is 6.84. The first kappa shape index (κ1) is 22.1. The second-order valence-electron chi connectivity index (χ2n) is 8.29. The molecule has 1 amide bonds. The number of hydrogen-bond donors (Lipinski definition) is 0. The molecule has 29 heavy (non-hydrogen) atoms. The van der Waals surface area contributed by atoms with Crippen molar-refractivity contribution in [2.24, 2.45) is 5.92 Å². The van der Waals surface area contributed by atoms with Crippen molar-refractivity contribution in [3.05, 3.63) is 29.8 Å². The monoisotopic (exact) mass is 442 g/mol. The Kier molecular flexibility index (Phi) is 6.57. The number of anilines is 1. The molecule has 0 saturated carbocycles. The third kappa shape index (κ3) is 5.31. The molecule has 0 aliphatic carbocycles. The van der Waals surface area contributed by atoms with Crippen molar-refractivity contribution < 1.29 is 21.6 Å². The Bertz CT molecular complexity index is 949. The highest BCUT2D eigenvalue weighted by molar-refractivity contribution is 7.93. The van der Waals surface area contributed by atoms with Crippen molar-refractivity contribution >= 4 is 31.5 Å². The molecule has 2 aliphatic rings. The second-order valence-corrected chi connectivity index (χ2v) is 12.9. The fourth-order valence-electron chi connectivity index (χ4n) is 3.91. The number of rotatable bonds is 6. The molecule has 0 radical (unpaired) electrons. The largest absolute Gasteiger partial charge is 0.342 e. The molecule has 2 fully saturated rings. The zero-order valence-electron chi connectivity index (χ0n) is 17.1. The van der Waals surface area contributed by atoms with Gasteiger partial charge in [-0.2, -0.15) is 0 Å². The van der Waals surface area contributed by atoms with E-state index in [-0.39, 0.29) is 35.0 Å². The summed E-state index contributed by atoms with van der Waals surface area (Å²) in [7, 11) is -6.31. The lowest BCUT2D eigenvalue weighted by molar-refractivity contribution is -0.131. The molecular formula is C20H30N2O5S2. The van der Waals surface area contributed by atoms with E-state index in [0.29, 0.717) is 44.6 Å². The van der Waals surface area contributed by atoms with E-state index in [9.17, 15) is 21.6 Å². The molecule has 7 nitrogen and oxygen atoms in total. The number of likely N-dealkylation sites (tertiary alicyclic amines) is 1. The first-order valence-electron chi connectivity index (χ1n) is 10.2. The lowest BCUT2D eigenvalue weighted by Crippen LogP contribution is -2.41. The van der Waals surface area contributed by atoms with Crippen molar-refractivity contribution in [1.29, 1.82) is 0 Å². The zero-order chi connectivity index (χ0) is 21.2. The lowest BCUT2D eigenvalue weighted by atomic mass is 9.98. The smallest absolute Gasteiger partial charge is 0.235 e. The van der Waals surface area contributed by atoms with Crippen molar-refractivity contribution in [1.82, 2.24) is 4.90 Å². The molecule has 0 bridgehead atoms. The lowest BCUT2D eigenvalue weighted by Gasteiger charge is -2.32. The van der Waals surface area contributed by atoms with Crippen LogP contribution < -0.4 is 4.31 Å². The van der Waals surface area contributed by atoms with Crippen LogP contribution in [0.25, 0.3) is 0 Å². The van der Waals surface area contributed by atoms with E-state index in [1.54, 1.807) is 36.9 Å². The summed E-state index contributed by atoms with van der Waals surface area (Å²) in [5.74, 6) is 0.461. The molecule has 1 aromatic carbocycles. The number of piperidine rings is 1. The molecule has 9 heteroatoms. The van der Waals surface area contributed by atoms with Crippen LogP contribution in [-0.2, 0) is 31.1 Å². The number of carbonyl (C=O) groups is 1. The van der Waals surface area contributed by atoms with E-state index < -0.39 is 19.9 Å². The van der Waals surface area contributed by atoms with Crippen molar-refractivity contribution in [3.8, 4) is 0 Å². The number of benzene rings is 1. The number of amides is 1. The summed E-state index contributed by atoms with van der Waals surface area (Å²) in [6.07, 6.45) is 2.23. The number of nitrogens with zero attached hydrogens (tertiary/aromatic N) is 2. The van der Waals surface area contributed by atoms with E-state index in [0.717, 1.165) is 5.56 Å². The Morgan fingerprint density at radius 1 is 1.17 bits per heavy atom. The maximum atomic E-state index is 12.7. The minimum Gasteiger partial charge on any atom is -0.342 e. The van der Waals surface area contributed by atoms with Gasteiger partial charge in [0.1, 0.15) is 0 Å². The Balaban J connectivity index is 1.57. The summed E-state index contributed by atoms with van der Waals surface area (Å²) in [6.45, 7) is 5.02. The van der Waals surface area contributed by atoms with Crippen molar-refractivity contribution in [2.75, 3.05) is 35.4 Å². The highest BCUT2D eigenvalue weighted by atomic mass is 32.2. The molecule has 2 saturated heterocycles. The van der Waals surface area contributed by atoms with Crippen LogP contribution in [0.2, 0.25) is 0 Å². The van der Waals surface area contributed by atoms with Gasteiger partial charge in [-0.25, -0.2) is 16.8 Å². The normalized spacial score (nSPS) is 20.4. The highest BCUT2D eigenvalue weighted by Crippen LogP contribution is 2.26. The van der Waals surface area contributed by atoms with Gasteiger partial charge in [0.15, 0.2) is 9.84 Å². The van der Waals surface area contributed by atoms with Crippen LogP contribution in [0.3, 0.4) is 0 Å². The minimum atomic E-state index is -3.24. The number of sulfonamides is 1. The maximum absolute atomic E-state index is 12.7.